The van der Waals surface area contributed by atoms with Gasteiger partial charge in [0.15, 0.2) is 0 Å². The van der Waals surface area contributed by atoms with Gasteiger partial charge in [-0.2, -0.15) is 0 Å². The van der Waals surface area contributed by atoms with Crippen LogP contribution in [0.3, 0.4) is 0 Å². The van der Waals surface area contributed by atoms with Gasteiger partial charge in [-0.25, -0.2) is 4.79 Å². The molecule has 0 saturated heterocycles. The van der Waals surface area contributed by atoms with Crippen LogP contribution < -0.4 is 0 Å². The van der Waals surface area contributed by atoms with Gasteiger partial charge in [0.1, 0.15) is 5.78 Å². The Labute approximate surface area is 127 Å². The lowest BCUT2D eigenvalue weighted by Gasteiger charge is -2.47. The van der Waals surface area contributed by atoms with Gasteiger partial charge in [-0.05, 0) is 24.8 Å². The van der Waals surface area contributed by atoms with Gasteiger partial charge in [-0.15, -0.1) is 0 Å². The van der Waals surface area contributed by atoms with Crippen LogP contribution in [0.2, 0.25) is 0 Å². The fourth-order valence-corrected chi connectivity index (χ4v) is 3.21. The normalized spacial score (nSPS) is 29.7. The number of rotatable bonds is 4. The summed E-state index contributed by atoms with van der Waals surface area (Å²) in [5, 5.41) is 0. The SMILES string of the molecule is COC(=O)/C=C(C)\C=C\C1C(C)(C)CC(=O)CC1(C)OC. The molecule has 4 nitrogen and oxygen atoms in total. The zero-order valence-electron chi connectivity index (χ0n) is 13.9. The minimum absolute atomic E-state index is 0.0914. The highest BCUT2D eigenvalue weighted by atomic mass is 16.5. The van der Waals surface area contributed by atoms with E-state index in [0.29, 0.717) is 12.8 Å². The van der Waals surface area contributed by atoms with Crippen LogP contribution in [0.5, 0.6) is 0 Å². The van der Waals surface area contributed by atoms with Gasteiger partial charge in [-0.3, -0.25) is 4.79 Å². The Morgan fingerprint density at radius 3 is 2.38 bits per heavy atom. The molecule has 0 N–H and O–H groups in total. The maximum absolute atomic E-state index is 11.9. The summed E-state index contributed by atoms with van der Waals surface area (Å²) in [7, 11) is 3.00. The van der Waals surface area contributed by atoms with E-state index in [0.717, 1.165) is 5.57 Å². The monoisotopic (exact) mass is 294 g/mol. The number of esters is 1. The van der Waals surface area contributed by atoms with Gasteiger partial charge in [-0.1, -0.05) is 26.0 Å². The number of hydrogen-bond acceptors (Lipinski definition) is 4. The molecule has 0 spiro atoms. The highest BCUT2D eigenvalue weighted by Crippen LogP contribution is 2.47. The predicted octanol–water partition coefficient (Wildman–Crippen LogP) is 3.07. The summed E-state index contributed by atoms with van der Waals surface area (Å²) in [6, 6.07) is 0. The highest BCUT2D eigenvalue weighted by molar-refractivity contribution is 5.83. The summed E-state index contributed by atoms with van der Waals surface area (Å²) in [5.74, 6) is -0.0470. The largest absolute Gasteiger partial charge is 0.466 e. The molecule has 0 bridgehead atoms. The fraction of sp³-hybridized carbons (Fsp3) is 0.647. The van der Waals surface area contributed by atoms with E-state index in [1.165, 1.54) is 13.2 Å². The molecule has 21 heavy (non-hydrogen) atoms. The fourth-order valence-electron chi connectivity index (χ4n) is 3.21. The molecule has 0 radical (unpaired) electrons. The molecule has 118 valence electrons. The van der Waals surface area contributed by atoms with Crippen LogP contribution in [0.4, 0.5) is 0 Å². The first-order chi connectivity index (χ1) is 9.64. The van der Waals surface area contributed by atoms with Crippen molar-refractivity contribution < 1.29 is 19.1 Å². The van der Waals surface area contributed by atoms with Gasteiger partial charge < -0.3 is 9.47 Å². The van der Waals surface area contributed by atoms with Gasteiger partial charge in [0.25, 0.3) is 0 Å². The quantitative estimate of drug-likeness (QED) is 0.454. The van der Waals surface area contributed by atoms with Crippen molar-refractivity contribution in [1.29, 1.82) is 0 Å². The Hall–Kier alpha value is -1.42. The van der Waals surface area contributed by atoms with Crippen LogP contribution in [-0.4, -0.2) is 31.6 Å². The molecule has 4 heteroatoms. The highest BCUT2D eigenvalue weighted by Gasteiger charge is 2.48. The molecule has 2 unspecified atom stereocenters. The summed E-state index contributed by atoms with van der Waals surface area (Å²) in [5.41, 5.74) is 0.122. The number of ether oxygens (including phenoxy) is 2. The van der Waals surface area contributed by atoms with E-state index in [-0.39, 0.29) is 23.1 Å². The summed E-state index contributed by atoms with van der Waals surface area (Å²) < 4.78 is 10.3. The lowest BCUT2D eigenvalue weighted by Crippen LogP contribution is -2.50. The zero-order valence-corrected chi connectivity index (χ0v) is 13.9. The smallest absolute Gasteiger partial charge is 0.330 e. The Morgan fingerprint density at radius 2 is 1.86 bits per heavy atom. The Bertz CT molecular complexity index is 473. The molecule has 1 fully saturated rings. The Kier molecular flexibility index (Phi) is 5.51. The molecule has 0 aromatic heterocycles. The number of carbonyl (C=O) groups is 2. The summed E-state index contributed by atoms with van der Waals surface area (Å²) in [6.07, 6.45) is 6.35. The van der Waals surface area contributed by atoms with Crippen LogP contribution in [0.25, 0.3) is 0 Å². The average molecular weight is 294 g/mol. The first kappa shape index (κ1) is 17.6. The maximum atomic E-state index is 11.9. The van der Waals surface area contributed by atoms with Crippen molar-refractivity contribution in [3.8, 4) is 0 Å². The van der Waals surface area contributed by atoms with Crippen molar-refractivity contribution in [2.24, 2.45) is 11.3 Å². The molecule has 1 rings (SSSR count). The standard InChI is InChI=1S/C17H26O4/c1-12(9-15(19)20-5)7-8-14-16(2,3)10-13(18)11-17(14,4)21-6/h7-9,14H,10-11H2,1-6H3/b8-7+,12-9-. The molecule has 0 aliphatic heterocycles. The van der Waals surface area contributed by atoms with E-state index < -0.39 is 5.60 Å². The molecular formula is C17H26O4. The van der Waals surface area contributed by atoms with Gasteiger partial charge in [0.05, 0.1) is 12.7 Å². The summed E-state index contributed by atoms with van der Waals surface area (Å²) in [4.78, 5) is 23.2. The molecule has 1 saturated carbocycles. The van der Waals surface area contributed by atoms with Crippen LogP contribution >= 0.6 is 0 Å². The van der Waals surface area contributed by atoms with Gasteiger partial charge in [0.2, 0.25) is 0 Å². The van der Waals surface area contributed by atoms with Crippen LogP contribution in [0, 0.1) is 11.3 Å². The molecule has 0 aromatic carbocycles. The second-order valence-corrected chi connectivity index (χ2v) is 6.65. The Balaban J connectivity index is 3.04. The molecule has 2 atom stereocenters. The van der Waals surface area contributed by atoms with E-state index in [1.54, 1.807) is 7.11 Å². The van der Waals surface area contributed by atoms with E-state index >= 15 is 0 Å². The molecule has 0 amide bonds. The van der Waals surface area contributed by atoms with Crippen molar-refractivity contribution in [3.05, 3.63) is 23.8 Å². The minimum atomic E-state index is -0.513. The molecular weight excluding hydrogens is 268 g/mol. The Morgan fingerprint density at radius 1 is 1.24 bits per heavy atom. The second kappa shape index (κ2) is 6.56. The third-order valence-corrected chi connectivity index (χ3v) is 4.27. The van der Waals surface area contributed by atoms with Crippen LogP contribution in [0.15, 0.2) is 23.8 Å². The van der Waals surface area contributed by atoms with Gasteiger partial charge >= 0.3 is 5.97 Å². The first-order valence-corrected chi connectivity index (χ1v) is 7.16. The number of Topliss-reactive ketones (excluding diaryl/α,β-unsaturated/α-hetero) is 1. The number of ketones is 1. The van der Waals surface area contributed by atoms with Crippen molar-refractivity contribution in [2.45, 2.75) is 46.1 Å². The van der Waals surface area contributed by atoms with Crippen LogP contribution in [0.1, 0.15) is 40.5 Å². The van der Waals surface area contributed by atoms with Crippen LogP contribution in [-0.2, 0) is 19.1 Å². The van der Waals surface area contributed by atoms with Crippen molar-refractivity contribution in [2.75, 3.05) is 14.2 Å². The van der Waals surface area contributed by atoms with E-state index in [9.17, 15) is 9.59 Å². The molecule has 0 heterocycles. The number of methoxy groups -OCH3 is 2. The van der Waals surface area contributed by atoms with E-state index in [2.05, 4.69) is 18.6 Å². The maximum Gasteiger partial charge on any atom is 0.330 e. The molecule has 0 aromatic rings. The van der Waals surface area contributed by atoms with Crippen molar-refractivity contribution in [1.82, 2.24) is 0 Å². The zero-order chi connectivity index (χ0) is 16.3. The van der Waals surface area contributed by atoms with E-state index in [4.69, 9.17) is 4.74 Å². The third kappa shape index (κ3) is 4.27. The average Bonchev–Trinajstić information content (AvgIpc) is 2.36. The third-order valence-electron chi connectivity index (χ3n) is 4.27. The molecule has 1 aliphatic carbocycles. The number of allylic oxidation sites excluding steroid dienone is 2. The van der Waals surface area contributed by atoms with E-state index in [1.807, 2.05) is 26.0 Å². The lowest BCUT2D eigenvalue weighted by atomic mass is 9.61. The molecule has 1 aliphatic rings. The summed E-state index contributed by atoms with van der Waals surface area (Å²) in [6.45, 7) is 7.98. The summed E-state index contributed by atoms with van der Waals surface area (Å²) >= 11 is 0. The first-order valence-electron chi connectivity index (χ1n) is 7.16. The lowest BCUT2D eigenvalue weighted by molar-refractivity contribution is -0.144. The minimum Gasteiger partial charge on any atom is -0.466 e. The van der Waals surface area contributed by atoms with Crippen molar-refractivity contribution >= 4 is 11.8 Å². The van der Waals surface area contributed by atoms with Gasteiger partial charge in [0, 0.05) is 31.9 Å². The van der Waals surface area contributed by atoms with Crippen molar-refractivity contribution in [3.63, 3.8) is 0 Å². The number of carbonyl (C=O) groups excluding carboxylic acids is 2. The number of hydrogen-bond donors (Lipinski definition) is 0. The predicted molar refractivity (Wildman–Crippen MR) is 81.8 cm³/mol. The topological polar surface area (TPSA) is 52.6 Å². The second-order valence-electron chi connectivity index (χ2n) is 6.65.